The van der Waals surface area contributed by atoms with Crippen molar-refractivity contribution in [3.63, 3.8) is 0 Å². The molecule has 1 spiro atoms. The van der Waals surface area contributed by atoms with Crippen LogP contribution in [0.5, 0.6) is 0 Å². The molecule has 0 saturated carbocycles. The smallest absolute Gasteiger partial charge is 0.222 e. The van der Waals surface area contributed by atoms with Gasteiger partial charge < -0.3 is 20.3 Å². The van der Waals surface area contributed by atoms with Gasteiger partial charge in [-0.1, -0.05) is 0 Å². The van der Waals surface area contributed by atoms with Crippen molar-refractivity contribution in [2.75, 3.05) is 50.5 Å². The first kappa shape index (κ1) is 18.0. The molecule has 1 amide bonds. The Labute approximate surface area is 158 Å². The van der Waals surface area contributed by atoms with E-state index in [0.717, 1.165) is 57.7 Å². The zero-order valence-corrected chi connectivity index (χ0v) is 15.8. The molecule has 0 aliphatic carbocycles. The quantitative estimate of drug-likeness (QED) is 0.779. The van der Waals surface area contributed by atoms with Crippen LogP contribution in [0, 0.1) is 5.41 Å². The molecule has 0 aromatic carbocycles. The first-order valence-electron chi connectivity index (χ1n) is 9.58. The van der Waals surface area contributed by atoms with E-state index in [4.69, 9.17) is 10.5 Å². The Morgan fingerprint density at radius 1 is 1.33 bits per heavy atom. The van der Waals surface area contributed by atoms with E-state index in [-0.39, 0.29) is 11.3 Å². The second-order valence-electron chi connectivity index (χ2n) is 7.72. The van der Waals surface area contributed by atoms with Gasteiger partial charge in [0.25, 0.3) is 0 Å². The van der Waals surface area contributed by atoms with Crippen molar-refractivity contribution < 1.29 is 9.53 Å². The van der Waals surface area contributed by atoms with Gasteiger partial charge in [-0.2, -0.15) is 4.98 Å². The van der Waals surface area contributed by atoms with Crippen molar-refractivity contribution in [3.05, 3.63) is 12.4 Å². The number of hydrogen-bond donors (Lipinski definition) is 1. The number of nitrogens with two attached hydrogens (primary N) is 1. The molecule has 0 radical (unpaired) electrons. The maximum atomic E-state index is 12.4. The Kier molecular flexibility index (Phi) is 4.86. The first-order chi connectivity index (χ1) is 13.1. The predicted molar refractivity (Wildman–Crippen MR) is 101 cm³/mol. The average Bonchev–Trinajstić information content (AvgIpc) is 3.14. The summed E-state index contributed by atoms with van der Waals surface area (Å²) in [6.07, 6.45) is 6.23. The van der Waals surface area contributed by atoms with Gasteiger partial charge in [-0.3, -0.25) is 9.20 Å². The van der Waals surface area contributed by atoms with E-state index in [9.17, 15) is 4.79 Å². The molecule has 2 fully saturated rings. The minimum absolute atomic E-state index is 0.121. The number of ether oxygens (including phenoxy) is 1. The van der Waals surface area contributed by atoms with Gasteiger partial charge in [-0.05, 0) is 25.7 Å². The molecule has 9 heteroatoms. The number of nitrogens with zero attached hydrogens (tertiary/aromatic N) is 6. The Balaban J connectivity index is 1.51. The van der Waals surface area contributed by atoms with Crippen LogP contribution < -0.4 is 10.6 Å². The number of methoxy groups -OCH3 is 1. The molecule has 146 valence electrons. The SMILES string of the molecule is COCCCN1C[C@]2(CCCN(c3cc4nncn4c(N)n3)C2)CCC1=O. The second-order valence-corrected chi connectivity index (χ2v) is 7.72. The van der Waals surface area contributed by atoms with E-state index < -0.39 is 0 Å². The number of aromatic nitrogens is 4. The summed E-state index contributed by atoms with van der Waals surface area (Å²) in [6.45, 7) is 4.10. The summed E-state index contributed by atoms with van der Waals surface area (Å²) in [5, 5.41) is 8.01. The molecule has 4 rings (SSSR count). The number of piperidine rings is 2. The third kappa shape index (κ3) is 3.55. The van der Waals surface area contributed by atoms with Gasteiger partial charge in [-0.25, -0.2) is 0 Å². The van der Waals surface area contributed by atoms with Crippen molar-refractivity contribution in [2.24, 2.45) is 5.41 Å². The van der Waals surface area contributed by atoms with E-state index in [2.05, 4.69) is 20.1 Å². The summed E-state index contributed by atoms with van der Waals surface area (Å²) in [6, 6.07) is 1.94. The van der Waals surface area contributed by atoms with Crippen LogP contribution in [0.4, 0.5) is 11.8 Å². The number of carbonyl (C=O) groups is 1. The molecule has 2 aromatic rings. The molecule has 0 bridgehead atoms. The molecule has 2 aliphatic heterocycles. The Hall–Kier alpha value is -2.42. The standard InChI is InChI=1S/C18H27N7O2/c1-27-9-3-8-24-12-18(6-4-16(24)26)5-2-7-23(11-18)14-10-15-22-20-13-25(15)17(19)21-14/h10,13H,2-9,11-12H2,1H3,(H2,19,21)/t18-/m1/s1. The lowest BCUT2D eigenvalue weighted by molar-refractivity contribution is -0.138. The highest BCUT2D eigenvalue weighted by Crippen LogP contribution is 2.40. The molecular weight excluding hydrogens is 346 g/mol. The summed E-state index contributed by atoms with van der Waals surface area (Å²) in [7, 11) is 1.70. The zero-order valence-electron chi connectivity index (χ0n) is 15.8. The van der Waals surface area contributed by atoms with Gasteiger partial charge >= 0.3 is 0 Å². The summed E-state index contributed by atoms with van der Waals surface area (Å²) < 4.78 is 6.82. The molecule has 9 nitrogen and oxygen atoms in total. The molecule has 2 aromatic heterocycles. The molecule has 2 saturated heterocycles. The second kappa shape index (κ2) is 7.30. The van der Waals surface area contributed by atoms with E-state index >= 15 is 0 Å². The Bertz CT molecular complexity index is 823. The number of likely N-dealkylation sites (tertiary alicyclic amines) is 1. The monoisotopic (exact) mass is 373 g/mol. The first-order valence-corrected chi connectivity index (χ1v) is 9.58. The number of carbonyl (C=O) groups excluding carboxylic acids is 1. The van der Waals surface area contributed by atoms with Crippen LogP contribution in [0.1, 0.15) is 32.1 Å². The van der Waals surface area contributed by atoms with Crippen LogP contribution in [0.15, 0.2) is 12.4 Å². The Morgan fingerprint density at radius 2 is 2.22 bits per heavy atom. The van der Waals surface area contributed by atoms with E-state index in [1.54, 1.807) is 17.8 Å². The number of rotatable bonds is 5. The number of anilines is 2. The number of amides is 1. The average molecular weight is 373 g/mol. The minimum Gasteiger partial charge on any atom is -0.385 e. The predicted octanol–water partition coefficient (Wildman–Crippen LogP) is 0.952. The van der Waals surface area contributed by atoms with Crippen LogP contribution in [-0.4, -0.2) is 70.3 Å². The summed E-state index contributed by atoms with van der Waals surface area (Å²) in [5.41, 5.74) is 6.89. The fourth-order valence-electron chi connectivity index (χ4n) is 4.44. The van der Waals surface area contributed by atoms with Gasteiger partial charge in [-0.15, -0.1) is 10.2 Å². The van der Waals surface area contributed by atoms with E-state index in [0.29, 0.717) is 24.6 Å². The van der Waals surface area contributed by atoms with Crippen molar-refractivity contribution in [1.29, 1.82) is 0 Å². The maximum Gasteiger partial charge on any atom is 0.222 e. The third-order valence-electron chi connectivity index (χ3n) is 5.82. The molecule has 4 heterocycles. The van der Waals surface area contributed by atoms with Crippen molar-refractivity contribution in [1.82, 2.24) is 24.5 Å². The fraction of sp³-hybridized carbons (Fsp3) is 0.667. The lowest BCUT2D eigenvalue weighted by Gasteiger charge is -2.48. The van der Waals surface area contributed by atoms with Crippen molar-refractivity contribution in [2.45, 2.75) is 32.1 Å². The van der Waals surface area contributed by atoms with Crippen LogP contribution >= 0.6 is 0 Å². The minimum atomic E-state index is 0.121. The maximum absolute atomic E-state index is 12.4. The summed E-state index contributed by atoms with van der Waals surface area (Å²) in [5.74, 6) is 1.50. The van der Waals surface area contributed by atoms with Gasteiger partial charge in [0.05, 0.1) is 0 Å². The van der Waals surface area contributed by atoms with E-state index in [1.165, 1.54) is 0 Å². The lowest BCUT2D eigenvalue weighted by atomic mass is 9.73. The summed E-state index contributed by atoms with van der Waals surface area (Å²) in [4.78, 5) is 21.2. The van der Waals surface area contributed by atoms with Crippen LogP contribution in [0.25, 0.3) is 5.65 Å². The largest absolute Gasteiger partial charge is 0.385 e. The van der Waals surface area contributed by atoms with Gasteiger partial charge in [0.1, 0.15) is 12.1 Å². The molecule has 2 aliphatic rings. The topological polar surface area (TPSA) is 102 Å². The zero-order chi connectivity index (χ0) is 18.9. The van der Waals surface area contributed by atoms with Crippen LogP contribution in [0.3, 0.4) is 0 Å². The van der Waals surface area contributed by atoms with Gasteiger partial charge in [0.15, 0.2) is 5.65 Å². The lowest BCUT2D eigenvalue weighted by Crippen LogP contribution is -2.54. The molecule has 2 N–H and O–H groups in total. The number of fused-ring (bicyclic) bond motifs is 1. The normalized spacial score (nSPS) is 23.5. The highest BCUT2D eigenvalue weighted by Gasteiger charge is 2.42. The van der Waals surface area contributed by atoms with E-state index in [1.807, 2.05) is 11.0 Å². The van der Waals surface area contributed by atoms with Gasteiger partial charge in [0.2, 0.25) is 11.9 Å². The molecule has 1 atom stereocenters. The number of hydrogen-bond acceptors (Lipinski definition) is 7. The third-order valence-corrected chi connectivity index (χ3v) is 5.82. The summed E-state index contributed by atoms with van der Waals surface area (Å²) >= 11 is 0. The molecule has 27 heavy (non-hydrogen) atoms. The molecular formula is C18H27N7O2. The highest BCUT2D eigenvalue weighted by molar-refractivity contribution is 5.77. The van der Waals surface area contributed by atoms with Crippen molar-refractivity contribution >= 4 is 23.3 Å². The van der Waals surface area contributed by atoms with Crippen molar-refractivity contribution in [3.8, 4) is 0 Å². The van der Waals surface area contributed by atoms with Gasteiger partial charge in [0, 0.05) is 57.8 Å². The highest BCUT2D eigenvalue weighted by atomic mass is 16.5. The molecule has 0 unspecified atom stereocenters. The van der Waals surface area contributed by atoms with Crippen LogP contribution in [-0.2, 0) is 9.53 Å². The van der Waals surface area contributed by atoms with Crippen LogP contribution in [0.2, 0.25) is 0 Å². The Morgan fingerprint density at radius 3 is 3.07 bits per heavy atom. The number of nitrogen functional groups attached to an aromatic ring is 1. The fourth-order valence-corrected chi connectivity index (χ4v) is 4.44.